The molecule has 0 spiro atoms. The summed E-state index contributed by atoms with van der Waals surface area (Å²) in [5.41, 5.74) is 0.0790. The fourth-order valence-electron chi connectivity index (χ4n) is 1.99. The highest BCUT2D eigenvalue weighted by Gasteiger charge is 2.30. The summed E-state index contributed by atoms with van der Waals surface area (Å²) in [5.74, 6) is -0.500. The third kappa shape index (κ3) is 4.53. The zero-order valence-corrected chi connectivity index (χ0v) is 12.3. The van der Waals surface area contributed by atoms with Gasteiger partial charge < -0.3 is 10.4 Å². The van der Waals surface area contributed by atoms with Gasteiger partial charge in [0.25, 0.3) is 5.91 Å². The lowest BCUT2D eigenvalue weighted by atomic mass is 10.1. The Bertz CT molecular complexity index is 702. The molecule has 0 radical (unpaired) electrons. The summed E-state index contributed by atoms with van der Waals surface area (Å²) < 4.78 is 37.9. The second-order valence-electron chi connectivity index (χ2n) is 5.01. The highest BCUT2D eigenvalue weighted by atomic mass is 19.4. The second-order valence-corrected chi connectivity index (χ2v) is 5.01. The van der Waals surface area contributed by atoms with Gasteiger partial charge in [-0.2, -0.15) is 13.2 Å². The molecule has 2 rings (SSSR count). The number of pyridine rings is 1. The number of aliphatic hydroxyl groups is 1. The number of hydrogen-bond acceptors (Lipinski definition) is 3. The van der Waals surface area contributed by atoms with E-state index >= 15 is 0 Å². The predicted molar refractivity (Wildman–Crippen MR) is 77.7 cm³/mol. The van der Waals surface area contributed by atoms with E-state index in [4.69, 9.17) is 0 Å². The summed E-state index contributed by atoms with van der Waals surface area (Å²) >= 11 is 0. The van der Waals surface area contributed by atoms with Crippen LogP contribution in [0.5, 0.6) is 0 Å². The molecule has 1 aromatic carbocycles. The summed E-state index contributed by atoms with van der Waals surface area (Å²) in [6, 6.07) is 9.28. The highest BCUT2D eigenvalue weighted by molar-refractivity contribution is 5.92. The van der Waals surface area contributed by atoms with E-state index in [0.29, 0.717) is 5.69 Å². The van der Waals surface area contributed by atoms with Crippen LogP contribution >= 0.6 is 0 Å². The molecule has 23 heavy (non-hydrogen) atoms. The Hall–Kier alpha value is -2.41. The summed E-state index contributed by atoms with van der Waals surface area (Å²) in [5, 5.41) is 12.4. The molecule has 0 saturated carbocycles. The van der Waals surface area contributed by atoms with Gasteiger partial charge in [0.1, 0.15) is 5.69 Å². The highest BCUT2D eigenvalue weighted by Crippen LogP contribution is 2.30. The first-order valence-corrected chi connectivity index (χ1v) is 6.84. The van der Waals surface area contributed by atoms with Gasteiger partial charge in [-0.05, 0) is 36.8 Å². The third-order valence-corrected chi connectivity index (χ3v) is 3.18. The van der Waals surface area contributed by atoms with Crippen LogP contribution in [-0.4, -0.2) is 22.5 Å². The molecule has 1 atom stereocenters. The Balaban J connectivity index is 2.02. The van der Waals surface area contributed by atoms with Crippen molar-refractivity contribution in [1.82, 2.24) is 10.3 Å². The maximum atomic E-state index is 12.6. The average Bonchev–Trinajstić information content (AvgIpc) is 2.51. The van der Waals surface area contributed by atoms with Gasteiger partial charge >= 0.3 is 6.18 Å². The molecule has 2 aromatic rings. The predicted octanol–water partition coefficient (Wildman–Crippen LogP) is 2.87. The summed E-state index contributed by atoms with van der Waals surface area (Å²) in [4.78, 5) is 15.9. The minimum atomic E-state index is -4.48. The molecule has 1 aromatic heterocycles. The van der Waals surface area contributed by atoms with Crippen LogP contribution in [0.15, 0.2) is 42.5 Å². The van der Waals surface area contributed by atoms with E-state index in [0.717, 1.165) is 12.1 Å². The molecule has 0 bridgehead atoms. The number of aliphatic hydroxyl groups excluding tert-OH is 1. The number of benzene rings is 1. The van der Waals surface area contributed by atoms with E-state index in [9.17, 15) is 23.1 Å². The largest absolute Gasteiger partial charge is 0.416 e. The van der Waals surface area contributed by atoms with Crippen molar-refractivity contribution in [3.8, 4) is 0 Å². The van der Waals surface area contributed by atoms with Crippen LogP contribution in [0.25, 0.3) is 0 Å². The maximum absolute atomic E-state index is 12.6. The number of rotatable bonds is 4. The van der Waals surface area contributed by atoms with Gasteiger partial charge in [-0.3, -0.25) is 4.79 Å². The van der Waals surface area contributed by atoms with Crippen LogP contribution in [0, 0.1) is 6.92 Å². The normalized spacial score (nSPS) is 12.7. The van der Waals surface area contributed by atoms with Crippen molar-refractivity contribution >= 4 is 5.91 Å². The van der Waals surface area contributed by atoms with Crippen LogP contribution in [0.3, 0.4) is 0 Å². The van der Waals surface area contributed by atoms with Crippen molar-refractivity contribution in [2.45, 2.75) is 19.2 Å². The fourth-order valence-corrected chi connectivity index (χ4v) is 1.99. The molecule has 0 saturated heterocycles. The Morgan fingerprint density at radius 2 is 1.96 bits per heavy atom. The Labute approximate surface area is 131 Å². The molecular formula is C16H15F3N2O2. The Morgan fingerprint density at radius 1 is 1.26 bits per heavy atom. The number of nitrogens with zero attached hydrogens (tertiary/aromatic N) is 1. The van der Waals surface area contributed by atoms with Gasteiger partial charge in [-0.15, -0.1) is 0 Å². The van der Waals surface area contributed by atoms with Gasteiger partial charge in [0.15, 0.2) is 0 Å². The standard InChI is InChI=1S/C16H15F3N2O2/c1-10-4-2-7-13(21-10)15(23)20-9-14(22)11-5-3-6-12(8-11)16(17,18)19/h2-8,14,22H,9H2,1H3,(H,20,23). The molecule has 0 aliphatic rings. The number of carbonyl (C=O) groups is 1. The lowest BCUT2D eigenvalue weighted by molar-refractivity contribution is -0.137. The van der Waals surface area contributed by atoms with Gasteiger partial charge in [-0.1, -0.05) is 18.2 Å². The van der Waals surface area contributed by atoms with Crippen molar-refractivity contribution in [2.75, 3.05) is 6.54 Å². The summed E-state index contributed by atoms with van der Waals surface area (Å²) in [7, 11) is 0. The number of nitrogens with one attached hydrogen (secondary N) is 1. The van der Waals surface area contributed by atoms with Crippen LogP contribution in [0.2, 0.25) is 0 Å². The molecule has 0 aliphatic heterocycles. The van der Waals surface area contributed by atoms with Crippen molar-refractivity contribution < 1.29 is 23.1 Å². The lowest BCUT2D eigenvalue weighted by Gasteiger charge is -2.14. The van der Waals surface area contributed by atoms with Crippen molar-refractivity contribution in [3.05, 3.63) is 65.0 Å². The number of aromatic nitrogens is 1. The molecule has 1 unspecified atom stereocenters. The number of aryl methyl sites for hydroxylation is 1. The quantitative estimate of drug-likeness (QED) is 0.909. The van der Waals surface area contributed by atoms with Gasteiger partial charge in [0, 0.05) is 12.2 Å². The molecule has 4 nitrogen and oxygen atoms in total. The van der Waals surface area contributed by atoms with E-state index in [1.807, 2.05) is 0 Å². The minimum Gasteiger partial charge on any atom is -0.387 e. The first-order chi connectivity index (χ1) is 10.8. The van der Waals surface area contributed by atoms with Crippen molar-refractivity contribution in [3.63, 3.8) is 0 Å². The van der Waals surface area contributed by atoms with E-state index in [2.05, 4.69) is 10.3 Å². The van der Waals surface area contributed by atoms with E-state index < -0.39 is 23.8 Å². The smallest absolute Gasteiger partial charge is 0.387 e. The van der Waals surface area contributed by atoms with E-state index in [1.54, 1.807) is 19.1 Å². The minimum absolute atomic E-state index is 0.0809. The van der Waals surface area contributed by atoms with Crippen molar-refractivity contribution in [2.24, 2.45) is 0 Å². The average molecular weight is 324 g/mol. The monoisotopic (exact) mass is 324 g/mol. The Kier molecular flexibility index (Phi) is 5.00. The third-order valence-electron chi connectivity index (χ3n) is 3.18. The first kappa shape index (κ1) is 17.0. The molecule has 1 heterocycles. The van der Waals surface area contributed by atoms with Crippen LogP contribution in [-0.2, 0) is 6.18 Å². The van der Waals surface area contributed by atoms with Gasteiger partial charge in [0.2, 0.25) is 0 Å². The molecule has 0 aliphatic carbocycles. The Morgan fingerprint density at radius 3 is 2.61 bits per heavy atom. The fraction of sp³-hybridized carbons (Fsp3) is 0.250. The molecule has 1 amide bonds. The number of hydrogen-bond donors (Lipinski definition) is 2. The summed E-state index contributed by atoms with van der Waals surface area (Å²) in [6.45, 7) is 1.52. The number of amides is 1. The number of alkyl halides is 3. The molecular weight excluding hydrogens is 309 g/mol. The van der Waals surface area contributed by atoms with Crippen LogP contribution in [0.1, 0.15) is 33.4 Å². The zero-order valence-electron chi connectivity index (χ0n) is 12.3. The van der Waals surface area contributed by atoms with Crippen LogP contribution in [0.4, 0.5) is 13.2 Å². The molecule has 2 N–H and O–H groups in total. The second kappa shape index (κ2) is 6.78. The van der Waals surface area contributed by atoms with Crippen molar-refractivity contribution in [1.29, 1.82) is 0 Å². The van der Waals surface area contributed by atoms with E-state index in [1.165, 1.54) is 18.2 Å². The lowest BCUT2D eigenvalue weighted by Crippen LogP contribution is -2.29. The zero-order chi connectivity index (χ0) is 17.0. The van der Waals surface area contributed by atoms with E-state index in [-0.39, 0.29) is 17.8 Å². The number of carbonyl (C=O) groups excluding carboxylic acids is 1. The topological polar surface area (TPSA) is 62.2 Å². The molecule has 0 fully saturated rings. The number of halogens is 3. The van der Waals surface area contributed by atoms with Gasteiger partial charge in [0.05, 0.1) is 11.7 Å². The SMILES string of the molecule is Cc1cccc(C(=O)NCC(O)c2cccc(C(F)(F)F)c2)n1. The van der Waals surface area contributed by atoms with Gasteiger partial charge in [-0.25, -0.2) is 4.98 Å². The maximum Gasteiger partial charge on any atom is 0.416 e. The molecule has 7 heteroatoms. The molecule has 122 valence electrons. The van der Waals surface area contributed by atoms with Crippen LogP contribution < -0.4 is 5.32 Å². The first-order valence-electron chi connectivity index (χ1n) is 6.84. The summed E-state index contributed by atoms with van der Waals surface area (Å²) in [6.07, 6.45) is -5.73.